The van der Waals surface area contributed by atoms with Gasteiger partial charge >= 0.3 is 0 Å². The highest BCUT2D eigenvalue weighted by Gasteiger charge is 2.32. The van der Waals surface area contributed by atoms with Gasteiger partial charge in [-0.1, -0.05) is 66.2 Å². The summed E-state index contributed by atoms with van der Waals surface area (Å²) in [5.74, 6) is 1.19. The Labute approximate surface area is 317 Å². The molecular formula is C44H49ClN4O4. The summed E-state index contributed by atoms with van der Waals surface area (Å²) in [4.78, 5) is 6.76. The first kappa shape index (κ1) is 36.9. The predicted octanol–water partition coefficient (Wildman–Crippen LogP) is 8.02. The molecule has 1 aliphatic heterocycles. The van der Waals surface area contributed by atoms with Gasteiger partial charge in [0.2, 0.25) is 0 Å². The Kier molecular flexibility index (Phi) is 11.6. The molecule has 1 aliphatic carbocycles. The fourth-order valence-electron chi connectivity index (χ4n) is 7.85. The van der Waals surface area contributed by atoms with Crippen molar-refractivity contribution in [3.05, 3.63) is 129 Å². The number of nitrogens with zero attached hydrogens (tertiary/aromatic N) is 2. The Morgan fingerprint density at radius 1 is 0.868 bits per heavy atom. The molecule has 8 nitrogen and oxygen atoms in total. The van der Waals surface area contributed by atoms with Crippen LogP contribution >= 0.6 is 11.6 Å². The number of ether oxygens (including phenoxy) is 2. The van der Waals surface area contributed by atoms with Crippen LogP contribution < -0.4 is 20.1 Å². The highest BCUT2D eigenvalue weighted by Crippen LogP contribution is 2.41. The number of hydrogen-bond donors (Lipinski definition) is 4. The molecular weight excluding hydrogens is 684 g/mol. The minimum absolute atomic E-state index is 0.0379. The van der Waals surface area contributed by atoms with Gasteiger partial charge < -0.3 is 30.3 Å². The number of aryl methyl sites for hydroxylation is 1. The van der Waals surface area contributed by atoms with Crippen molar-refractivity contribution in [2.75, 3.05) is 38.6 Å². The Morgan fingerprint density at radius 2 is 1.66 bits per heavy atom. The summed E-state index contributed by atoms with van der Waals surface area (Å²) in [6.45, 7) is 7.78. The number of pyridine rings is 1. The van der Waals surface area contributed by atoms with Crippen molar-refractivity contribution in [3.63, 3.8) is 0 Å². The number of aliphatic hydroxyl groups is 2. The van der Waals surface area contributed by atoms with E-state index in [-0.39, 0.29) is 12.7 Å². The fraction of sp³-hybridized carbons (Fsp3) is 0.341. The number of aliphatic hydroxyl groups excluding tert-OH is 2. The third-order valence-corrected chi connectivity index (χ3v) is 11.1. The summed E-state index contributed by atoms with van der Waals surface area (Å²) in [5.41, 5.74) is 13.9. The minimum atomic E-state index is -0.198. The molecule has 4 N–H and O–H groups in total. The number of benzene rings is 4. The number of halogens is 1. The van der Waals surface area contributed by atoms with Crippen LogP contribution in [0.4, 0.5) is 5.69 Å². The predicted molar refractivity (Wildman–Crippen MR) is 213 cm³/mol. The van der Waals surface area contributed by atoms with E-state index < -0.39 is 0 Å². The van der Waals surface area contributed by atoms with Crippen LogP contribution in [-0.4, -0.2) is 59.5 Å². The first-order valence-corrected chi connectivity index (χ1v) is 19.0. The number of hydrogen-bond acceptors (Lipinski definition) is 8. The number of nitrogens with one attached hydrogen (secondary N) is 2. The van der Waals surface area contributed by atoms with Gasteiger partial charge in [0.1, 0.15) is 24.7 Å². The molecule has 2 atom stereocenters. The number of rotatable bonds is 14. The van der Waals surface area contributed by atoms with Crippen LogP contribution in [0.3, 0.4) is 0 Å². The number of fused-ring (bicyclic) bond motifs is 1. The average molecular weight is 733 g/mol. The molecule has 0 spiro atoms. The van der Waals surface area contributed by atoms with Gasteiger partial charge in [0.25, 0.3) is 0 Å². The van der Waals surface area contributed by atoms with Gasteiger partial charge in [0, 0.05) is 68.9 Å². The molecule has 276 valence electrons. The summed E-state index contributed by atoms with van der Waals surface area (Å²) < 4.78 is 12.7. The van der Waals surface area contributed by atoms with E-state index in [0.717, 1.165) is 60.3 Å². The largest absolute Gasteiger partial charge is 0.488 e. The molecule has 0 radical (unpaired) electrons. The van der Waals surface area contributed by atoms with E-state index in [9.17, 15) is 10.2 Å². The van der Waals surface area contributed by atoms with Crippen LogP contribution in [0.2, 0.25) is 5.02 Å². The molecule has 1 fully saturated rings. The zero-order chi connectivity index (χ0) is 36.9. The third kappa shape index (κ3) is 8.22. The number of β-amino-alcohol motifs (C(OH)–C–C–N with tert-alkyl or cyclic N) is 1. The topological polar surface area (TPSA) is 99.1 Å². The quantitative estimate of drug-likeness (QED) is 0.0853. The van der Waals surface area contributed by atoms with Crippen molar-refractivity contribution >= 4 is 17.3 Å². The Balaban J connectivity index is 1.10. The number of likely N-dealkylation sites (tertiary alicyclic amines) is 1. The van der Waals surface area contributed by atoms with Crippen molar-refractivity contribution in [2.45, 2.75) is 65.0 Å². The van der Waals surface area contributed by atoms with Gasteiger partial charge in [0.15, 0.2) is 0 Å². The molecule has 0 bridgehead atoms. The molecule has 1 saturated heterocycles. The first-order chi connectivity index (χ1) is 25.8. The second kappa shape index (κ2) is 16.7. The third-order valence-electron chi connectivity index (χ3n) is 10.8. The normalized spacial score (nSPS) is 16.9. The van der Waals surface area contributed by atoms with E-state index in [1.807, 2.05) is 25.2 Å². The van der Waals surface area contributed by atoms with Gasteiger partial charge in [-0.15, -0.1) is 0 Å². The summed E-state index contributed by atoms with van der Waals surface area (Å²) in [6, 6.07) is 26.1. The molecule has 9 heteroatoms. The molecule has 0 saturated carbocycles. The summed E-state index contributed by atoms with van der Waals surface area (Å²) in [7, 11) is 1.86. The Morgan fingerprint density at radius 3 is 2.45 bits per heavy atom. The first-order valence-electron chi connectivity index (χ1n) is 18.6. The van der Waals surface area contributed by atoms with Crippen LogP contribution in [0.5, 0.6) is 11.5 Å². The maximum absolute atomic E-state index is 10.1. The van der Waals surface area contributed by atoms with Crippen LogP contribution in [0.25, 0.3) is 22.3 Å². The molecule has 53 heavy (non-hydrogen) atoms. The lowest BCUT2D eigenvalue weighted by molar-refractivity contribution is 0.159. The highest BCUT2D eigenvalue weighted by molar-refractivity contribution is 6.32. The lowest BCUT2D eigenvalue weighted by Gasteiger charge is -2.24. The van der Waals surface area contributed by atoms with Crippen molar-refractivity contribution in [1.82, 2.24) is 15.2 Å². The van der Waals surface area contributed by atoms with Gasteiger partial charge in [-0.25, -0.2) is 0 Å². The van der Waals surface area contributed by atoms with Crippen LogP contribution in [0.15, 0.2) is 85.2 Å². The summed E-state index contributed by atoms with van der Waals surface area (Å²) in [5, 5.41) is 26.3. The zero-order valence-electron chi connectivity index (χ0n) is 30.8. The second-order valence-electron chi connectivity index (χ2n) is 14.2. The second-order valence-corrected chi connectivity index (χ2v) is 14.6. The fourth-order valence-corrected chi connectivity index (χ4v) is 8.09. The standard InChI is InChI=1S/C44H49ClN4O4/c1-28-33(27-53-44-21-43(34(20-41(44)45)23-47-15-17-50)52-26-30-18-35(46-3)24-48-22-30)6-4-8-38(28)39-9-5-7-37(29(39)2)31-10-12-40-32(19-31)11-13-42(40)49-16-14-36(51)25-49/h4-10,12,18-22,24,36,42,46-47,50-51H,11,13-17,23,25-27H2,1-3H3/t36-,42?/m0/s1. The van der Waals surface area contributed by atoms with Crippen molar-refractivity contribution < 1.29 is 19.7 Å². The maximum Gasteiger partial charge on any atom is 0.142 e. The number of anilines is 1. The average Bonchev–Trinajstić information content (AvgIpc) is 3.80. The van der Waals surface area contributed by atoms with Gasteiger partial charge in [0.05, 0.1) is 23.4 Å². The SMILES string of the molecule is CNc1cncc(COc2cc(OCc3cccc(-c4cccc(-c5ccc6c(c5)CCC6N5CC[C@H](O)C5)c4C)c3C)c(Cl)cc2CNCCO)c1. The van der Waals surface area contributed by atoms with E-state index in [1.165, 1.54) is 38.9 Å². The lowest BCUT2D eigenvalue weighted by atomic mass is 9.89. The summed E-state index contributed by atoms with van der Waals surface area (Å²) >= 11 is 6.79. The van der Waals surface area contributed by atoms with Gasteiger partial charge in [-0.3, -0.25) is 9.88 Å². The molecule has 1 unspecified atom stereocenters. The highest BCUT2D eigenvalue weighted by atomic mass is 35.5. The smallest absolute Gasteiger partial charge is 0.142 e. The van der Waals surface area contributed by atoms with E-state index >= 15 is 0 Å². The zero-order valence-corrected chi connectivity index (χ0v) is 31.5. The van der Waals surface area contributed by atoms with Crippen LogP contribution in [0, 0.1) is 13.8 Å². The van der Waals surface area contributed by atoms with E-state index in [1.54, 1.807) is 12.4 Å². The Hall–Kier alpha value is -4.44. The van der Waals surface area contributed by atoms with Gasteiger partial charge in [-0.05, 0) is 95.3 Å². The summed E-state index contributed by atoms with van der Waals surface area (Å²) in [6.07, 6.45) is 6.42. The molecule has 1 aromatic heterocycles. The molecule has 0 amide bonds. The van der Waals surface area contributed by atoms with Gasteiger partial charge in [-0.2, -0.15) is 0 Å². The molecule has 5 aromatic rings. The van der Waals surface area contributed by atoms with E-state index in [2.05, 4.69) is 89.0 Å². The van der Waals surface area contributed by atoms with Crippen LogP contribution in [0.1, 0.15) is 57.8 Å². The molecule has 7 rings (SSSR count). The monoisotopic (exact) mass is 732 g/mol. The minimum Gasteiger partial charge on any atom is -0.488 e. The van der Waals surface area contributed by atoms with Crippen molar-refractivity contribution in [2.24, 2.45) is 0 Å². The lowest BCUT2D eigenvalue weighted by Crippen LogP contribution is -2.26. The van der Waals surface area contributed by atoms with Crippen molar-refractivity contribution in [3.8, 4) is 33.8 Å². The molecule has 2 aliphatic rings. The number of aromatic nitrogens is 1. The Bertz CT molecular complexity index is 2070. The molecule has 2 heterocycles. The maximum atomic E-state index is 10.1. The van der Waals surface area contributed by atoms with Crippen LogP contribution in [-0.2, 0) is 26.2 Å². The van der Waals surface area contributed by atoms with E-state index in [4.69, 9.17) is 21.1 Å². The molecule has 4 aromatic carbocycles. The van der Waals surface area contributed by atoms with Crippen molar-refractivity contribution in [1.29, 1.82) is 0 Å². The van der Waals surface area contributed by atoms with E-state index in [0.29, 0.717) is 48.9 Å².